The van der Waals surface area contributed by atoms with E-state index in [2.05, 4.69) is 15.5 Å². The minimum Gasteiger partial charge on any atom is -0.493 e. The smallest absolute Gasteiger partial charge is 0.234 e. The highest BCUT2D eigenvalue weighted by Crippen LogP contribution is 2.40. The predicted octanol–water partition coefficient (Wildman–Crippen LogP) is 3.07. The van der Waals surface area contributed by atoms with Gasteiger partial charge in [-0.05, 0) is 36.4 Å². The zero-order chi connectivity index (χ0) is 21.7. The summed E-state index contributed by atoms with van der Waals surface area (Å²) < 4.78 is 17.4. The lowest BCUT2D eigenvalue weighted by molar-refractivity contribution is -0.113. The van der Waals surface area contributed by atoms with Gasteiger partial charge in [-0.15, -0.1) is 10.2 Å². The highest BCUT2D eigenvalue weighted by atomic mass is 35.5. The summed E-state index contributed by atoms with van der Waals surface area (Å²) in [5.41, 5.74) is 1.27. The molecule has 0 aliphatic rings. The normalized spacial score (nSPS) is 10.5. The van der Waals surface area contributed by atoms with E-state index in [1.54, 1.807) is 36.4 Å². The highest BCUT2D eigenvalue weighted by Gasteiger charge is 2.19. The highest BCUT2D eigenvalue weighted by molar-refractivity contribution is 7.99. The number of amides is 1. The summed E-state index contributed by atoms with van der Waals surface area (Å²) in [5.74, 6) is 7.82. The molecule has 2 aromatic carbocycles. The number of halogens is 1. The minimum absolute atomic E-state index is 0.104. The molecule has 9 nitrogen and oxygen atoms in total. The summed E-state index contributed by atoms with van der Waals surface area (Å²) in [6.45, 7) is 0. The third-order valence-electron chi connectivity index (χ3n) is 4.05. The molecular formula is C19H20ClN5O4S. The van der Waals surface area contributed by atoms with Gasteiger partial charge in [-0.25, -0.2) is 4.68 Å². The van der Waals surface area contributed by atoms with Crippen LogP contribution in [0.5, 0.6) is 17.2 Å². The molecule has 3 aromatic rings. The van der Waals surface area contributed by atoms with Crippen LogP contribution in [-0.2, 0) is 4.79 Å². The molecule has 0 bridgehead atoms. The van der Waals surface area contributed by atoms with E-state index in [0.717, 1.165) is 11.8 Å². The number of ether oxygens (including phenoxy) is 3. The van der Waals surface area contributed by atoms with Crippen molar-refractivity contribution in [3.05, 3.63) is 41.4 Å². The van der Waals surface area contributed by atoms with Crippen LogP contribution in [0.15, 0.2) is 41.6 Å². The van der Waals surface area contributed by atoms with E-state index in [1.165, 1.54) is 26.0 Å². The Kier molecular flexibility index (Phi) is 6.91. The largest absolute Gasteiger partial charge is 0.493 e. The number of carbonyl (C=O) groups excluding carboxylic acids is 1. The number of benzene rings is 2. The van der Waals surface area contributed by atoms with Gasteiger partial charge in [-0.3, -0.25) is 4.79 Å². The fourth-order valence-corrected chi connectivity index (χ4v) is 3.43. The fraction of sp³-hybridized carbons (Fsp3) is 0.211. The third kappa shape index (κ3) is 4.71. The van der Waals surface area contributed by atoms with Gasteiger partial charge in [0, 0.05) is 16.3 Å². The van der Waals surface area contributed by atoms with E-state index >= 15 is 0 Å². The van der Waals surface area contributed by atoms with E-state index in [4.69, 9.17) is 31.7 Å². The van der Waals surface area contributed by atoms with Gasteiger partial charge in [-0.1, -0.05) is 23.4 Å². The third-order valence-corrected chi connectivity index (χ3v) is 5.24. The summed E-state index contributed by atoms with van der Waals surface area (Å²) >= 11 is 7.00. The van der Waals surface area contributed by atoms with Crippen LogP contribution in [0.1, 0.15) is 0 Å². The second-order valence-corrected chi connectivity index (χ2v) is 7.31. The molecule has 3 N–H and O–H groups in total. The minimum atomic E-state index is -0.209. The van der Waals surface area contributed by atoms with Crippen molar-refractivity contribution in [1.82, 2.24) is 14.9 Å². The number of nitrogens with two attached hydrogens (primary N) is 1. The van der Waals surface area contributed by atoms with E-state index < -0.39 is 0 Å². The summed E-state index contributed by atoms with van der Waals surface area (Å²) in [6, 6.07) is 10.3. The maximum atomic E-state index is 12.2. The number of carbonyl (C=O) groups is 1. The number of hydrogen-bond acceptors (Lipinski definition) is 8. The Morgan fingerprint density at radius 3 is 2.30 bits per heavy atom. The number of nitrogens with one attached hydrogen (secondary N) is 1. The number of anilines is 1. The van der Waals surface area contributed by atoms with Crippen molar-refractivity contribution in [2.45, 2.75) is 5.16 Å². The summed E-state index contributed by atoms with van der Waals surface area (Å²) in [5, 5.41) is 12.0. The van der Waals surface area contributed by atoms with Gasteiger partial charge >= 0.3 is 0 Å². The first-order valence-corrected chi connectivity index (χ1v) is 10.0. The lowest BCUT2D eigenvalue weighted by atomic mass is 10.1. The maximum absolute atomic E-state index is 12.2. The Bertz CT molecular complexity index is 1020. The van der Waals surface area contributed by atoms with Crippen molar-refractivity contribution in [3.63, 3.8) is 0 Å². The number of nitrogen functional groups attached to an aromatic ring is 1. The molecule has 30 heavy (non-hydrogen) atoms. The Balaban J connectivity index is 1.74. The Labute approximate surface area is 182 Å². The molecule has 1 aromatic heterocycles. The number of hydrogen-bond donors (Lipinski definition) is 2. The number of methoxy groups -OCH3 is 3. The second kappa shape index (κ2) is 9.59. The quantitative estimate of drug-likeness (QED) is 0.398. The molecule has 3 rings (SSSR count). The molecule has 0 aliphatic heterocycles. The lowest BCUT2D eigenvalue weighted by Crippen LogP contribution is -2.16. The molecule has 158 valence electrons. The van der Waals surface area contributed by atoms with Crippen LogP contribution >= 0.6 is 23.4 Å². The zero-order valence-corrected chi connectivity index (χ0v) is 18.1. The summed E-state index contributed by atoms with van der Waals surface area (Å²) in [4.78, 5) is 12.2. The molecule has 1 heterocycles. The van der Waals surface area contributed by atoms with E-state index in [-0.39, 0.29) is 11.7 Å². The molecule has 0 fully saturated rings. The van der Waals surface area contributed by atoms with Crippen molar-refractivity contribution in [2.24, 2.45) is 0 Å². The Morgan fingerprint density at radius 1 is 1.10 bits per heavy atom. The molecule has 0 spiro atoms. The van der Waals surface area contributed by atoms with Gasteiger partial charge < -0.3 is 25.4 Å². The monoisotopic (exact) mass is 449 g/mol. The SMILES string of the molecule is COc1cc(-c2nnc(SCC(=O)Nc3ccc(Cl)cc3)n2N)cc(OC)c1OC. The number of aromatic nitrogens is 3. The first-order valence-electron chi connectivity index (χ1n) is 8.66. The Morgan fingerprint density at radius 2 is 1.73 bits per heavy atom. The van der Waals surface area contributed by atoms with Crippen molar-refractivity contribution in [2.75, 3.05) is 38.2 Å². The van der Waals surface area contributed by atoms with Gasteiger partial charge in [0.1, 0.15) is 0 Å². The molecule has 0 saturated heterocycles. The Hall–Kier alpha value is -3.11. The van der Waals surface area contributed by atoms with Crippen molar-refractivity contribution < 1.29 is 19.0 Å². The first-order chi connectivity index (χ1) is 14.5. The lowest BCUT2D eigenvalue weighted by Gasteiger charge is -2.13. The molecule has 0 aliphatic carbocycles. The average Bonchev–Trinajstić information content (AvgIpc) is 3.13. The fourth-order valence-electron chi connectivity index (χ4n) is 2.64. The van der Waals surface area contributed by atoms with Crippen LogP contribution in [0.4, 0.5) is 5.69 Å². The average molecular weight is 450 g/mol. The maximum Gasteiger partial charge on any atom is 0.234 e. The molecule has 0 atom stereocenters. The molecular weight excluding hydrogens is 430 g/mol. The topological polar surface area (TPSA) is 114 Å². The molecule has 11 heteroatoms. The van der Waals surface area contributed by atoms with Crippen molar-refractivity contribution >= 4 is 35.0 Å². The summed E-state index contributed by atoms with van der Waals surface area (Å²) in [6.07, 6.45) is 0. The van der Waals surface area contributed by atoms with Crippen molar-refractivity contribution in [3.8, 4) is 28.6 Å². The molecule has 0 radical (unpaired) electrons. The van der Waals surface area contributed by atoms with Crippen molar-refractivity contribution in [1.29, 1.82) is 0 Å². The van der Waals surface area contributed by atoms with Crippen LogP contribution in [-0.4, -0.2) is 47.9 Å². The number of nitrogens with zero attached hydrogens (tertiary/aromatic N) is 3. The number of rotatable bonds is 8. The van der Waals surface area contributed by atoms with Crippen LogP contribution < -0.4 is 25.4 Å². The van der Waals surface area contributed by atoms with Crippen LogP contribution in [0.2, 0.25) is 5.02 Å². The van der Waals surface area contributed by atoms with Gasteiger partial charge in [0.15, 0.2) is 17.3 Å². The van der Waals surface area contributed by atoms with Gasteiger partial charge in [0.05, 0.1) is 27.1 Å². The predicted molar refractivity (Wildman–Crippen MR) is 116 cm³/mol. The van der Waals surface area contributed by atoms with Gasteiger partial charge in [0.25, 0.3) is 0 Å². The van der Waals surface area contributed by atoms with E-state index in [9.17, 15) is 4.79 Å². The molecule has 0 saturated carbocycles. The van der Waals surface area contributed by atoms with E-state index in [1.807, 2.05) is 0 Å². The standard InChI is InChI=1S/C19H20ClN5O4S/c1-27-14-8-11(9-15(28-2)17(14)29-3)18-23-24-19(25(18)21)30-10-16(26)22-13-6-4-12(20)5-7-13/h4-9H,10,21H2,1-3H3,(H,22,26). The van der Waals surface area contributed by atoms with Crippen LogP contribution in [0.3, 0.4) is 0 Å². The van der Waals surface area contributed by atoms with E-state index in [0.29, 0.717) is 44.5 Å². The van der Waals surface area contributed by atoms with Gasteiger partial charge in [-0.2, -0.15) is 0 Å². The van der Waals surface area contributed by atoms with Gasteiger partial charge in [0.2, 0.25) is 16.8 Å². The number of thioether (sulfide) groups is 1. The first kappa shape index (κ1) is 21.6. The molecule has 1 amide bonds. The molecule has 0 unspecified atom stereocenters. The van der Waals surface area contributed by atoms with Crippen LogP contribution in [0, 0.1) is 0 Å². The zero-order valence-electron chi connectivity index (χ0n) is 16.5. The van der Waals surface area contributed by atoms with Crippen LogP contribution in [0.25, 0.3) is 11.4 Å². The second-order valence-electron chi connectivity index (χ2n) is 5.93. The summed E-state index contributed by atoms with van der Waals surface area (Å²) in [7, 11) is 4.57.